The van der Waals surface area contributed by atoms with E-state index in [9.17, 15) is 18.0 Å². The molecule has 0 bridgehead atoms. The van der Waals surface area contributed by atoms with E-state index in [1.165, 1.54) is 16.6 Å². The van der Waals surface area contributed by atoms with Gasteiger partial charge in [0.1, 0.15) is 0 Å². The number of aromatic carboxylic acids is 1. The zero-order valence-corrected chi connectivity index (χ0v) is 12.2. The third-order valence-corrected chi connectivity index (χ3v) is 3.60. The number of H-pyrrole nitrogens is 1. The second-order valence-corrected chi connectivity index (χ2v) is 5.18. The summed E-state index contributed by atoms with van der Waals surface area (Å²) in [6.45, 7) is 0. The molecule has 126 valence electrons. The van der Waals surface area contributed by atoms with Gasteiger partial charge in [0.2, 0.25) is 5.95 Å². The summed E-state index contributed by atoms with van der Waals surface area (Å²) in [7, 11) is 0. The van der Waals surface area contributed by atoms with Gasteiger partial charge >= 0.3 is 5.97 Å². The van der Waals surface area contributed by atoms with E-state index in [2.05, 4.69) is 20.4 Å². The molecular weight excluding hydrogens is 339 g/mol. The maximum absolute atomic E-state index is 13.7. The summed E-state index contributed by atoms with van der Waals surface area (Å²) in [6, 6.07) is 6.16. The maximum Gasteiger partial charge on any atom is 0.335 e. The zero-order chi connectivity index (χ0) is 17.7. The molecule has 0 atom stereocenters. The van der Waals surface area contributed by atoms with Crippen molar-refractivity contribution in [2.24, 2.45) is 0 Å². The molecule has 0 aliphatic heterocycles. The van der Waals surface area contributed by atoms with E-state index >= 15 is 0 Å². The van der Waals surface area contributed by atoms with Gasteiger partial charge in [-0.25, -0.2) is 27.5 Å². The molecule has 4 rings (SSSR count). The summed E-state index contributed by atoms with van der Waals surface area (Å²) < 4.78 is 41.4. The Kier molecular flexibility index (Phi) is 3.14. The van der Waals surface area contributed by atoms with Crippen LogP contribution in [-0.4, -0.2) is 30.7 Å². The number of imidazole rings is 1. The summed E-state index contributed by atoms with van der Waals surface area (Å²) in [6.07, 6.45) is 0. The molecule has 0 aliphatic rings. The first-order valence-corrected chi connectivity index (χ1v) is 6.96. The van der Waals surface area contributed by atoms with Crippen LogP contribution in [0.15, 0.2) is 30.3 Å². The van der Waals surface area contributed by atoms with Gasteiger partial charge in [0.05, 0.1) is 22.3 Å². The molecule has 25 heavy (non-hydrogen) atoms. The average Bonchev–Trinajstić information content (AvgIpc) is 3.11. The number of carboxylic acids is 1. The molecule has 10 heteroatoms. The van der Waals surface area contributed by atoms with Crippen molar-refractivity contribution in [3.8, 4) is 0 Å². The molecule has 0 saturated carbocycles. The molecule has 0 fully saturated rings. The molecule has 0 amide bonds. The highest BCUT2D eigenvalue weighted by molar-refractivity contribution is 5.93. The van der Waals surface area contributed by atoms with Crippen LogP contribution in [0.3, 0.4) is 0 Å². The third-order valence-electron chi connectivity index (χ3n) is 3.60. The number of nitrogens with one attached hydrogen (secondary N) is 2. The fourth-order valence-electron chi connectivity index (χ4n) is 2.42. The molecule has 4 aromatic rings. The van der Waals surface area contributed by atoms with Crippen LogP contribution in [0.2, 0.25) is 0 Å². The van der Waals surface area contributed by atoms with E-state index in [-0.39, 0.29) is 23.0 Å². The lowest BCUT2D eigenvalue weighted by atomic mass is 10.2. The van der Waals surface area contributed by atoms with Crippen LogP contribution in [0.25, 0.3) is 16.8 Å². The van der Waals surface area contributed by atoms with Gasteiger partial charge in [-0.05, 0) is 30.3 Å². The fraction of sp³-hybridized carbons (Fsp3) is 0. The molecule has 2 aromatic carbocycles. The normalized spacial score (nSPS) is 11.3. The lowest BCUT2D eigenvalue weighted by molar-refractivity contribution is 0.0697. The Morgan fingerprint density at radius 2 is 1.92 bits per heavy atom. The third kappa shape index (κ3) is 2.35. The minimum atomic E-state index is -1.59. The van der Waals surface area contributed by atoms with Crippen molar-refractivity contribution in [1.82, 2.24) is 19.6 Å². The van der Waals surface area contributed by atoms with E-state index < -0.39 is 23.4 Å². The topological polar surface area (TPSA) is 95.3 Å². The van der Waals surface area contributed by atoms with Crippen molar-refractivity contribution in [2.45, 2.75) is 0 Å². The first-order valence-electron chi connectivity index (χ1n) is 6.96. The average molecular weight is 347 g/mol. The summed E-state index contributed by atoms with van der Waals surface area (Å²) >= 11 is 0. The van der Waals surface area contributed by atoms with Gasteiger partial charge < -0.3 is 10.4 Å². The zero-order valence-electron chi connectivity index (χ0n) is 12.2. The van der Waals surface area contributed by atoms with Gasteiger partial charge in [-0.15, -0.1) is 0 Å². The lowest BCUT2D eigenvalue weighted by Gasteiger charge is -2.05. The molecule has 2 heterocycles. The Balaban J connectivity index is 1.75. The number of nitrogens with zero attached hydrogens (tertiary/aromatic N) is 3. The number of carbonyl (C=O) groups is 1. The summed E-state index contributed by atoms with van der Waals surface area (Å²) in [5.74, 6) is -5.09. The van der Waals surface area contributed by atoms with Crippen LogP contribution in [-0.2, 0) is 0 Å². The highest BCUT2D eigenvalue weighted by Gasteiger charge is 2.16. The maximum atomic E-state index is 13.7. The molecule has 0 aliphatic carbocycles. The summed E-state index contributed by atoms with van der Waals surface area (Å²) in [5, 5.41) is 14.3. The van der Waals surface area contributed by atoms with E-state index in [0.29, 0.717) is 11.0 Å². The number of hydrogen-bond acceptors (Lipinski definition) is 4. The number of anilines is 2. The van der Waals surface area contributed by atoms with Crippen molar-refractivity contribution in [3.63, 3.8) is 0 Å². The molecule has 7 nitrogen and oxygen atoms in total. The lowest BCUT2D eigenvalue weighted by Crippen LogP contribution is -2.00. The fourth-order valence-corrected chi connectivity index (χ4v) is 2.42. The number of aromatic amines is 1. The van der Waals surface area contributed by atoms with E-state index in [4.69, 9.17) is 5.11 Å². The Labute approximate surface area is 136 Å². The minimum Gasteiger partial charge on any atom is -0.478 e. The monoisotopic (exact) mass is 347 g/mol. The van der Waals surface area contributed by atoms with Crippen LogP contribution < -0.4 is 5.32 Å². The highest BCUT2D eigenvalue weighted by Crippen LogP contribution is 2.23. The first-order chi connectivity index (χ1) is 11.9. The van der Waals surface area contributed by atoms with Gasteiger partial charge in [-0.3, -0.25) is 5.10 Å². The SMILES string of the molecule is O=C(O)c1ccc2c(c1)nc1nc(Nc3ccc(F)c(F)c3F)[nH]n12. The number of carboxylic acid groups (broad SMARTS) is 1. The number of rotatable bonds is 3. The second-order valence-electron chi connectivity index (χ2n) is 5.18. The van der Waals surface area contributed by atoms with Crippen LogP contribution >= 0.6 is 0 Å². The van der Waals surface area contributed by atoms with E-state index in [0.717, 1.165) is 12.1 Å². The molecule has 0 radical (unpaired) electrons. The standard InChI is InChI=1S/C15H8F3N5O2/c16-7-2-3-8(12(18)11(7)17)19-14-21-15-20-9-5-6(13(24)25)1-4-10(9)23(15)22-14/h1-5H,(H,24,25)(H2,19,20,21,22). The Bertz CT molecular complexity index is 1150. The number of halogens is 3. The van der Waals surface area contributed by atoms with Crippen LogP contribution in [0.4, 0.5) is 24.8 Å². The molecule has 0 unspecified atom stereocenters. The summed E-state index contributed by atoms with van der Waals surface area (Å²) in [4.78, 5) is 19.2. The van der Waals surface area contributed by atoms with Gasteiger partial charge in [0.15, 0.2) is 17.5 Å². The number of benzene rings is 2. The predicted molar refractivity (Wildman–Crippen MR) is 81.4 cm³/mol. The Morgan fingerprint density at radius 1 is 1.12 bits per heavy atom. The Morgan fingerprint density at radius 3 is 2.68 bits per heavy atom. The minimum absolute atomic E-state index is 0.0524. The number of hydrogen-bond donors (Lipinski definition) is 3. The molecule has 0 spiro atoms. The second kappa shape index (κ2) is 5.23. The van der Waals surface area contributed by atoms with Crippen LogP contribution in [0, 0.1) is 17.5 Å². The van der Waals surface area contributed by atoms with Crippen LogP contribution in [0.5, 0.6) is 0 Å². The highest BCUT2D eigenvalue weighted by atomic mass is 19.2. The largest absolute Gasteiger partial charge is 0.478 e. The van der Waals surface area contributed by atoms with Crippen molar-refractivity contribution < 1.29 is 23.1 Å². The van der Waals surface area contributed by atoms with E-state index in [1.54, 1.807) is 6.07 Å². The van der Waals surface area contributed by atoms with Crippen molar-refractivity contribution in [3.05, 3.63) is 53.3 Å². The molecule has 3 N–H and O–H groups in total. The Hall–Kier alpha value is -3.56. The van der Waals surface area contributed by atoms with Gasteiger partial charge in [0, 0.05) is 0 Å². The van der Waals surface area contributed by atoms with Gasteiger partial charge in [0.25, 0.3) is 5.78 Å². The van der Waals surface area contributed by atoms with Crippen molar-refractivity contribution in [1.29, 1.82) is 0 Å². The van der Waals surface area contributed by atoms with Gasteiger partial charge in [-0.2, -0.15) is 4.98 Å². The number of fused-ring (bicyclic) bond motifs is 3. The molecular formula is C15H8F3N5O2. The van der Waals surface area contributed by atoms with Gasteiger partial charge in [-0.1, -0.05) is 0 Å². The van der Waals surface area contributed by atoms with Crippen molar-refractivity contribution in [2.75, 3.05) is 5.32 Å². The van der Waals surface area contributed by atoms with E-state index in [1.807, 2.05) is 0 Å². The summed E-state index contributed by atoms with van der Waals surface area (Å²) in [5.41, 5.74) is 0.736. The van der Waals surface area contributed by atoms with Crippen LogP contribution in [0.1, 0.15) is 10.4 Å². The van der Waals surface area contributed by atoms with Crippen molar-refractivity contribution >= 4 is 34.4 Å². The quantitative estimate of drug-likeness (QED) is 0.495. The molecule has 2 aromatic heterocycles. The molecule has 0 saturated heterocycles. The number of aromatic nitrogens is 4. The smallest absolute Gasteiger partial charge is 0.335 e. The first kappa shape index (κ1) is 15.0. The predicted octanol–water partition coefficient (Wildman–Crippen LogP) is 3.07.